The molecule has 0 spiro atoms. The molecule has 0 bridgehead atoms. The van der Waals surface area contributed by atoms with Gasteiger partial charge in [-0.15, -0.1) is 11.3 Å². The SMILES string of the molecule is Cc1cscc1CNCc1nc(C)c(C)s1. The van der Waals surface area contributed by atoms with Gasteiger partial charge in [0.2, 0.25) is 0 Å². The van der Waals surface area contributed by atoms with E-state index in [4.69, 9.17) is 0 Å². The first-order valence-corrected chi connectivity index (χ1v) is 7.08. The normalized spacial score (nSPS) is 10.9. The Bertz CT molecular complexity index is 452. The second kappa shape index (κ2) is 5.08. The van der Waals surface area contributed by atoms with Crippen molar-refractivity contribution in [1.82, 2.24) is 10.3 Å². The Balaban J connectivity index is 1.87. The maximum Gasteiger partial charge on any atom is 0.107 e. The van der Waals surface area contributed by atoms with Crippen LogP contribution in [0.4, 0.5) is 0 Å². The molecule has 0 fully saturated rings. The van der Waals surface area contributed by atoms with Crippen LogP contribution >= 0.6 is 22.7 Å². The zero-order valence-corrected chi connectivity index (χ0v) is 11.5. The van der Waals surface area contributed by atoms with Crippen LogP contribution < -0.4 is 5.32 Å². The number of aryl methyl sites for hydroxylation is 3. The Morgan fingerprint density at radius 3 is 2.56 bits per heavy atom. The van der Waals surface area contributed by atoms with E-state index < -0.39 is 0 Å². The van der Waals surface area contributed by atoms with Crippen molar-refractivity contribution in [2.75, 3.05) is 0 Å². The summed E-state index contributed by atoms with van der Waals surface area (Å²) in [6, 6.07) is 0. The third kappa shape index (κ3) is 2.70. The molecule has 0 aliphatic heterocycles. The fourth-order valence-electron chi connectivity index (χ4n) is 1.49. The minimum Gasteiger partial charge on any atom is -0.306 e. The van der Waals surface area contributed by atoms with Crippen molar-refractivity contribution in [3.05, 3.63) is 37.5 Å². The lowest BCUT2D eigenvalue weighted by Crippen LogP contribution is -2.12. The van der Waals surface area contributed by atoms with Crippen LogP contribution in [0.5, 0.6) is 0 Å². The number of nitrogens with one attached hydrogen (secondary N) is 1. The summed E-state index contributed by atoms with van der Waals surface area (Å²) in [6.45, 7) is 8.16. The third-order valence-corrected chi connectivity index (χ3v) is 4.61. The number of hydrogen-bond donors (Lipinski definition) is 1. The molecule has 0 radical (unpaired) electrons. The maximum atomic E-state index is 4.51. The molecular weight excluding hydrogens is 236 g/mol. The highest BCUT2D eigenvalue weighted by atomic mass is 32.1. The van der Waals surface area contributed by atoms with Crippen molar-refractivity contribution in [2.24, 2.45) is 0 Å². The number of rotatable bonds is 4. The molecule has 0 aliphatic rings. The van der Waals surface area contributed by atoms with Gasteiger partial charge in [-0.25, -0.2) is 4.98 Å². The van der Waals surface area contributed by atoms with E-state index >= 15 is 0 Å². The minimum absolute atomic E-state index is 0.870. The fraction of sp³-hybridized carbons (Fsp3) is 0.417. The average molecular weight is 252 g/mol. The number of thiophene rings is 1. The lowest BCUT2D eigenvalue weighted by atomic mass is 10.2. The predicted octanol–water partition coefficient (Wildman–Crippen LogP) is 3.42. The number of hydrogen-bond acceptors (Lipinski definition) is 4. The minimum atomic E-state index is 0.870. The van der Waals surface area contributed by atoms with E-state index in [9.17, 15) is 0 Å². The summed E-state index contributed by atoms with van der Waals surface area (Å²) in [5, 5.41) is 9.02. The van der Waals surface area contributed by atoms with Crippen LogP contribution in [-0.4, -0.2) is 4.98 Å². The molecular formula is C12H16N2S2. The van der Waals surface area contributed by atoms with E-state index in [0.717, 1.165) is 18.8 Å². The molecule has 1 N–H and O–H groups in total. The Labute approximate surface area is 104 Å². The van der Waals surface area contributed by atoms with Crippen molar-refractivity contribution < 1.29 is 0 Å². The van der Waals surface area contributed by atoms with Crippen LogP contribution in [0.25, 0.3) is 0 Å². The fourth-order valence-corrected chi connectivity index (χ4v) is 3.25. The van der Waals surface area contributed by atoms with Gasteiger partial charge in [0.25, 0.3) is 0 Å². The van der Waals surface area contributed by atoms with Gasteiger partial charge < -0.3 is 5.32 Å². The van der Waals surface area contributed by atoms with E-state index in [0.29, 0.717) is 0 Å². The standard InChI is InChI=1S/C12H16N2S2/c1-8-6-15-7-11(8)4-13-5-12-14-9(2)10(3)16-12/h6-7,13H,4-5H2,1-3H3. The highest BCUT2D eigenvalue weighted by Gasteiger charge is 2.03. The van der Waals surface area contributed by atoms with E-state index in [1.54, 1.807) is 22.7 Å². The number of nitrogens with zero attached hydrogens (tertiary/aromatic N) is 1. The Hall–Kier alpha value is -0.710. The Morgan fingerprint density at radius 1 is 1.19 bits per heavy atom. The molecule has 4 heteroatoms. The van der Waals surface area contributed by atoms with E-state index in [1.165, 1.54) is 21.0 Å². The number of aromatic nitrogens is 1. The van der Waals surface area contributed by atoms with Gasteiger partial charge in [-0.05, 0) is 42.7 Å². The van der Waals surface area contributed by atoms with Crippen molar-refractivity contribution in [1.29, 1.82) is 0 Å². The third-order valence-electron chi connectivity index (χ3n) is 2.63. The van der Waals surface area contributed by atoms with Gasteiger partial charge in [0.15, 0.2) is 0 Å². The van der Waals surface area contributed by atoms with Gasteiger partial charge in [-0.3, -0.25) is 0 Å². The summed E-state index contributed by atoms with van der Waals surface area (Å²) < 4.78 is 0. The van der Waals surface area contributed by atoms with Crippen LogP contribution in [0.3, 0.4) is 0 Å². The summed E-state index contributed by atoms with van der Waals surface area (Å²) in [7, 11) is 0. The maximum absolute atomic E-state index is 4.51. The highest BCUT2D eigenvalue weighted by Crippen LogP contribution is 2.17. The smallest absolute Gasteiger partial charge is 0.107 e. The molecule has 2 nitrogen and oxygen atoms in total. The van der Waals surface area contributed by atoms with Crippen LogP contribution in [0.15, 0.2) is 10.8 Å². The van der Waals surface area contributed by atoms with Crippen molar-refractivity contribution in [3.63, 3.8) is 0 Å². The summed E-state index contributed by atoms with van der Waals surface area (Å²) >= 11 is 3.55. The molecule has 0 aromatic carbocycles. The average Bonchev–Trinajstić information content (AvgIpc) is 2.76. The summed E-state index contributed by atoms with van der Waals surface area (Å²) in [4.78, 5) is 5.83. The van der Waals surface area contributed by atoms with E-state index in [1.807, 2.05) is 0 Å². The molecule has 0 amide bonds. The summed E-state index contributed by atoms with van der Waals surface area (Å²) in [5.74, 6) is 0. The molecule has 16 heavy (non-hydrogen) atoms. The molecule has 2 rings (SSSR count). The first kappa shape index (κ1) is 11.8. The molecule has 0 saturated heterocycles. The zero-order valence-electron chi connectivity index (χ0n) is 9.83. The summed E-state index contributed by atoms with van der Waals surface area (Å²) in [5.41, 5.74) is 3.94. The van der Waals surface area contributed by atoms with Gasteiger partial charge in [0.05, 0.1) is 5.69 Å². The molecule has 2 heterocycles. The van der Waals surface area contributed by atoms with Gasteiger partial charge in [-0.2, -0.15) is 11.3 Å². The lowest BCUT2D eigenvalue weighted by molar-refractivity contribution is 0.688. The Kier molecular flexibility index (Phi) is 3.74. The Morgan fingerprint density at radius 2 is 2.00 bits per heavy atom. The second-order valence-electron chi connectivity index (χ2n) is 3.93. The molecule has 2 aromatic rings. The first-order chi connectivity index (χ1) is 7.66. The number of thiazole rings is 1. The molecule has 86 valence electrons. The molecule has 0 atom stereocenters. The van der Waals surface area contributed by atoms with Crippen LogP contribution in [0, 0.1) is 20.8 Å². The van der Waals surface area contributed by atoms with Gasteiger partial charge in [-0.1, -0.05) is 0 Å². The van der Waals surface area contributed by atoms with E-state index in [2.05, 4.69) is 41.8 Å². The topological polar surface area (TPSA) is 24.9 Å². The van der Waals surface area contributed by atoms with Crippen LogP contribution in [-0.2, 0) is 13.1 Å². The predicted molar refractivity (Wildman–Crippen MR) is 71.2 cm³/mol. The van der Waals surface area contributed by atoms with Crippen molar-refractivity contribution in [3.8, 4) is 0 Å². The second-order valence-corrected chi connectivity index (χ2v) is 5.96. The molecule has 2 aromatic heterocycles. The largest absolute Gasteiger partial charge is 0.306 e. The zero-order chi connectivity index (χ0) is 11.5. The van der Waals surface area contributed by atoms with E-state index in [-0.39, 0.29) is 0 Å². The van der Waals surface area contributed by atoms with Gasteiger partial charge >= 0.3 is 0 Å². The molecule has 0 aliphatic carbocycles. The van der Waals surface area contributed by atoms with Crippen LogP contribution in [0.2, 0.25) is 0 Å². The quantitative estimate of drug-likeness (QED) is 0.902. The van der Waals surface area contributed by atoms with Crippen molar-refractivity contribution >= 4 is 22.7 Å². The monoisotopic (exact) mass is 252 g/mol. The summed E-state index contributed by atoms with van der Waals surface area (Å²) in [6.07, 6.45) is 0. The van der Waals surface area contributed by atoms with Gasteiger partial charge in [0, 0.05) is 18.0 Å². The van der Waals surface area contributed by atoms with Crippen LogP contribution in [0.1, 0.15) is 26.7 Å². The first-order valence-electron chi connectivity index (χ1n) is 5.32. The highest BCUT2D eigenvalue weighted by molar-refractivity contribution is 7.11. The molecule has 0 saturated carbocycles. The van der Waals surface area contributed by atoms with Gasteiger partial charge in [0.1, 0.15) is 5.01 Å². The van der Waals surface area contributed by atoms with Crippen molar-refractivity contribution in [2.45, 2.75) is 33.9 Å². The molecule has 0 unspecified atom stereocenters. The lowest BCUT2D eigenvalue weighted by Gasteiger charge is -2.01.